The Balaban J connectivity index is 1.79. The topological polar surface area (TPSA) is 117 Å². The minimum atomic E-state index is -0.514. The van der Waals surface area contributed by atoms with Gasteiger partial charge in [0.05, 0.1) is 10.9 Å². The number of H-pyrrole nitrogens is 1. The number of aryl methyl sites for hydroxylation is 3. The first-order valence-electron chi connectivity index (χ1n) is 10.0. The second kappa shape index (κ2) is 9.78. The SMILES string of the molecule is CC(=O)Nc1c(C)cccc1-c1nnc(S[C@H](C)C(=O)Nc2cc(C)ccc2C)[nH]c1=O. The first-order chi connectivity index (χ1) is 15.2. The molecule has 1 heterocycles. The fraction of sp³-hybridized carbons (Fsp3) is 0.261. The number of aromatic amines is 1. The highest BCUT2D eigenvalue weighted by atomic mass is 32.2. The summed E-state index contributed by atoms with van der Waals surface area (Å²) in [6.07, 6.45) is 0. The summed E-state index contributed by atoms with van der Waals surface area (Å²) in [5.74, 6) is -0.456. The summed E-state index contributed by atoms with van der Waals surface area (Å²) in [5.41, 5.74) is 4.19. The van der Waals surface area contributed by atoms with Crippen molar-refractivity contribution in [1.29, 1.82) is 0 Å². The molecule has 2 aromatic carbocycles. The van der Waals surface area contributed by atoms with E-state index in [-0.39, 0.29) is 22.7 Å². The Kier molecular flexibility index (Phi) is 7.09. The van der Waals surface area contributed by atoms with Gasteiger partial charge in [-0.15, -0.1) is 10.2 Å². The van der Waals surface area contributed by atoms with Crippen molar-refractivity contribution < 1.29 is 9.59 Å². The van der Waals surface area contributed by atoms with Gasteiger partial charge in [-0.3, -0.25) is 19.4 Å². The van der Waals surface area contributed by atoms with Crippen LogP contribution in [0.4, 0.5) is 11.4 Å². The zero-order valence-corrected chi connectivity index (χ0v) is 19.4. The van der Waals surface area contributed by atoms with E-state index in [2.05, 4.69) is 25.8 Å². The van der Waals surface area contributed by atoms with Gasteiger partial charge >= 0.3 is 0 Å². The van der Waals surface area contributed by atoms with E-state index in [1.54, 1.807) is 19.1 Å². The van der Waals surface area contributed by atoms with Crippen LogP contribution in [0.5, 0.6) is 0 Å². The van der Waals surface area contributed by atoms with Crippen LogP contribution in [-0.2, 0) is 9.59 Å². The van der Waals surface area contributed by atoms with Gasteiger partial charge in [-0.25, -0.2) is 0 Å². The predicted octanol–water partition coefficient (Wildman–Crippen LogP) is 3.83. The van der Waals surface area contributed by atoms with Crippen molar-refractivity contribution in [1.82, 2.24) is 15.2 Å². The quantitative estimate of drug-likeness (QED) is 0.490. The number of anilines is 2. The van der Waals surface area contributed by atoms with Crippen molar-refractivity contribution in [3.05, 3.63) is 63.4 Å². The Hall–Kier alpha value is -3.46. The maximum Gasteiger partial charge on any atom is 0.278 e. The summed E-state index contributed by atoms with van der Waals surface area (Å²) >= 11 is 1.11. The summed E-state index contributed by atoms with van der Waals surface area (Å²) in [4.78, 5) is 39.6. The normalized spacial score (nSPS) is 11.7. The van der Waals surface area contributed by atoms with Gasteiger partial charge in [0.15, 0.2) is 10.9 Å². The summed E-state index contributed by atoms with van der Waals surface area (Å²) in [6.45, 7) is 8.84. The largest absolute Gasteiger partial charge is 0.325 e. The predicted molar refractivity (Wildman–Crippen MR) is 127 cm³/mol. The maximum absolute atomic E-state index is 12.7. The van der Waals surface area contributed by atoms with E-state index in [0.29, 0.717) is 11.3 Å². The van der Waals surface area contributed by atoms with Gasteiger partial charge in [-0.2, -0.15) is 0 Å². The molecule has 0 saturated heterocycles. The van der Waals surface area contributed by atoms with Gasteiger partial charge in [-0.05, 0) is 50.5 Å². The second-order valence-electron chi connectivity index (χ2n) is 7.55. The van der Waals surface area contributed by atoms with Crippen LogP contribution in [0.1, 0.15) is 30.5 Å². The fourth-order valence-electron chi connectivity index (χ4n) is 3.08. The lowest BCUT2D eigenvalue weighted by atomic mass is 10.1. The number of amides is 2. The van der Waals surface area contributed by atoms with E-state index >= 15 is 0 Å². The van der Waals surface area contributed by atoms with E-state index in [9.17, 15) is 14.4 Å². The Bertz CT molecular complexity index is 1240. The third-order valence-corrected chi connectivity index (χ3v) is 5.79. The molecule has 0 spiro atoms. The van der Waals surface area contributed by atoms with Crippen molar-refractivity contribution in [3.8, 4) is 11.3 Å². The molecule has 0 saturated carbocycles. The number of rotatable bonds is 6. The molecule has 0 bridgehead atoms. The zero-order chi connectivity index (χ0) is 23.4. The summed E-state index contributed by atoms with van der Waals surface area (Å²) in [5, 5.41) is 13.5. The third-order valence-electron chi connectivity index (χ3n) is 4.81. The minimum absolute atomic E-state index is 0.0919. The Labute approximate surface area is 190 Å². The molecular weight excluding hydrogens is 426 g/mol. The Morgan fingerprint density at radius 3 is 2.47 bits per heavy atom. The lowest BCUT2D eigenvalue weighted by Gasteiger charge is -2.14. The van der Waals surface area contributed by atoms with E-state index < -0.39 is 10.8 Å². The molecular formula is C23H25N5O3S. The van der Waals surface area contributed by atoms with Crippen LogP contribution < -0.4 is 16.2 Å². The minimum Gasteiger partial charge on any atom is -0.325 e. The number of hydrogen-bond acceptors (Lipinski definition) is 6. The van der Waals surface area contributed by atoms with Gasteiger partial charge in [0.25, 0.3) is 5.56 Å². The first-order valence-corrected chi connectivity index (χ1v) is 10.9. The number of carbonyl (C=O) groups is 2. The highest BCUT2D eigenvalue weighted by molar-refractivity contribution is 8.00. The standard InChI is InChI=1S/C23H25N5O3S/c1-12-9-10-13(2)18(11-12)25-21(30)15(4)32-23-26-22(31)20(27-28-23)17-8-6-7-14(3)19(17)24-16(5)29/h6-11,15H,1-5H3,(H,24,29)(H,25,30)(H,26,28,31)/t15-/m1/s1. The van der Waals surface area contributed by atoms with Gasteiger partial charge in [-0.1, -0.05) is 42.1 Å². The molecule has 3 N–H and O–H groups in total. The highest BCUT2D eigenvalue weighted by Gasteiger charge is 2.19. The highest BCUT2D eigenvalue weighted by Crippen LogP contribution is 2.28. The van der Waals surface area contributed by atoms with Crippen LogP contribution in [0, 0.1) is 20.8 Å². The molecule has 9 heteroatoms. The number of hydrogen-bond donors (Lipinski definition) is 3. The lowest BCUT2D eigenvalue weighted by Crippen LogP contribution is -2.24. The molecule has 3 aromatic rings. The Morgan fingerprint density at radius 1 is 1.03 bits per heavy atom. The number of nitrogens with one attached hydrogen (secondary N) is 3. The van der Waals surface area contributed by atoms with Gasteiger partial charge in [0.2, 0.25) is 11.8 Å². The van der Waals surface area contributed by atoms with Gasteiger partial charge in [0.1, 0.15) is 0 Å². The molecule has 1 aromatic heterocycles. The molecule has 166 valence electrons. The number of para-hydroxylation sites is 1. The summed E-state index contributed by atoms with van der Waals surface area (Å²) < 4.78 is 0. The van der Waals surface area contributed by atoms with E-state index in [4.69, 9.17) is 0 Å². The van der Waals surface area contributed by atoms with Crippen LogP contribution >= 0.6 is 11.8 Å². The third kappa shape index (κ3) is 5.42. The molecule has 0 fully saturated rings. The van der Waals surface area contributed by atoms with Crippen LogP contribution in [-0.4, -0.2) is 32.2 Å². The molecule has 32 heavy (non-hydrogen) atoms. The van der Waals surface area contributed by atoms with Crippen molar-refractivity contribution in [2.75, 3.05) is 10.6 Å². The number of aromatic nitrogens is 3. The molecule has 3 rings (SSSR count). The fourth-order valence-corrected chi connectivity index (χ4v) is 3.82. The van der Waals surface area contributed by atoms with Crippen molar-refractivity contribution in [2.45, 2.75) is 45.0 Å². The second-order valence-corrected chi connectivity index (χ2v) is 8.88. The van der Waals surface area contributed by atoms with E-state index in [0.717, 1.165) is 34.1 Å². The average molecular weight is 452 g/mol. The van der Waals surface area contributed by atoms with E-state index in [1.165, 1.54) is 6.92 Å². The number of carbonyl (C=O) groups excluding carboxylic acids is 2. The van der Waals surface area contributed by atoms with Gasteiger partial charge < -0.3 is 10.6 Å². The molecule has 8 nitrogen and oxygen atoms in total. The summed E-state index contributed by atoms with van der Waals surface area (Å²) in [7, 11) is 0. The number of benzene rings is 2. The number of thioether (sulfide) groups is 1. The monoisotopic (exact) mass is 451 g/mol. The molecule has 0 aliphatic carbocycles. The maximum atomic E-state index is 12.7. The van der Waals surface area contributed by atoms with Crippen molar-refractivity contribution in [3.63, 3.8) is 0 Å². The molecule has 2 amide bonds. The van der Waals surface area contributed by atoms with Crippen LogP contribution in [0.15, 0.2) is 46.3 Å². The van der Waals surface area contributed by atoms with Crippen molar-refractivity contribution >= 4 is 35.0 Å². The number of nitrogens with zero attached hydrogens (tertiary/aromatic N) is 2. The zero-order valence-electron chi connectivity index (χ0n) is 18.6. The lowest BCUT2D eigenvalue weighted by molar-refractivity contribution is -0.115. The smallest absolute Gasteiger partial charge is 0.278 e. The van der Waals surface area contributed by atoms with E-state index in [1.807, 2.05) is 45.0 Å². The van der Waals surface area contributed by atoms with Crippen LogP contribution in [0.3, 0.4) is 0 Å². The molecule has 0 aliphatic heterocycles. The molecule has 1 atom stereocenters. The van der Waals surface area contributed by atoms with Crippen LogP contribution in [0.2, 0.25) is 0 Å². The molecule has 0 aliphatic rings. The first kappa shape index (κ1) is 23.2. The van der Waals surface area contributed by atoms with Crippen molar-refractivity contribution in [2.24, 2.45) is 0 Å². The average Bonchev–Trinajstić information content (AvgIpc) is 2.72. The van der Waals surface area contributed by atoms with Crippen LogP contribution in [0.25, 0.3) is 11.3 Å². The summed E-state index contributed by atoms with van der Waals surface area (Å²) in [6, 6.07) is 11.2. The molecule has 0 unspecified atom stereocenters. The Morgan fingerprint density at radius 2 is 1.78 bits per heavy atom. The molecule has 0 radical (unpaired) electrons. The van der Waals surface area contributed by atoms with Gasteiger partial charge in [0, 0.05) is 18.2 Å².